The van der Waals surface area contributed by atoms with Crippen LogP contribution in [0.5, 0.6) is 0 Å². The Hall–Kier alpha value is -2.68. The normalized spacial score (nSPS) is 13.1. The lowest BCUT2D eigenvalue weighted by molar-refractivity contribution is -0.148. The molecule has 2 atom stereocenters. The maximum Gasteiger partial charge on any atom is 0.407 e. The van der Waals surface area contributed by atoms with Gasteiger partial charge in [-0.1, -0.05) is 35.9 Å². The van der Waals surface area contributed by atoms with Crippen molar-refractivity contribution in [3.8, 4) is 11.1 Å². The first-order chi connectivity index (χ1) is 17.5. The molecule has 0 aliphatic carbocycles. The highest BCUT2D eigenvalue weighted by Crippen LogP contribution is 2.27. The number of benzene rings is 2. The number of amides is 1. The molecule has 0 heterocycles. The fourth-order valence-corrected chi connectivity index (χ4v) is 4.01. The zero-order valence-electron chi connectivity index (χ0n) is 22.0. The van der Waals surface area contributed by atoms with Gasteiger partial charge in [-0.2, -0.15) is 0 Å². The second kappa shape index (κ2) is 14.9. The number of aliphatic hydroxyl groups excluding tert-OH is 1. The third-order valence-corrected chi connectivity index (χ3v) is 5.72. The van der Waals surface area contributed by atoms with E-state index in [9.17, 15) is 14.0 Å². The SMILES string of the molecule is CCOC(=O)[C@H](CNCCCO)C[C@@H](Cc1ccc(-c2cc(Cl)ccc2F)cc1)NC(=O)OC(C)(C)C. The van der Waals surface area contributed by atoms with Gasteiger partial charge in [-0.3, -0.25) is 4.79 Å². The van der Waals surface area contributed by atoms with Crippen molar-refractivity contribution in [2.45, 2.75) is 58.6 Å². The molecule has 2 aromatic carbocycles. The molecule has 3 N–H and O–H groups in total. The number of hydrogen-bond donors (Lipinski definition) is 3. The van der Waals surface area contributed by atoms with Gasteiger partial charge in [0.15, 0.2) is 0 Å². The van der Waals surface area contributed by atoms with Crippen molar-refractivity contribution in [3.05, 3.63) is 58.9 Å². The first kappa shape index (κ1) is 30.5. The fourth-order valence-electron chi connectivity index (χ4n) is 3.84. The van der Waals surface area contributed by atoms with Crippen LogP contribution >= 0.6 is 11.6 Å². The molecule has 9 heteroatoms. The van der Waals surface area contributed by atoms with E-state index in [4.69, 9.17) is 26.2 Å². The van der Waals surface area contributed by atoms with Crippen molar-refractivity contribution < 1.29 is 28.6 Å². The highest BCUT2D eigenvalue weighted by molar-refractivity contribution is 6.30. The minimum atomic E-state index is -0.677. The van der Waals surface area contributed by atoms with Crippen LogP contribution < -0.4 is 10.6 Å². The topological polar surface area (TPSA) is 96.9 Å². The third-order valence-electron chi connectivity index (χ3n) is 5.49. The molecule has 0 saturated carbocycles. The van der Waals surface area contributed by atoms with E-state index in [2.05, 4.69) is 10.6 Å². The lowest BCUT2D eigenvalue weighted by Crippen LogP contribution is -2.43. The molecule has 2 aromatic rings. The first-order valence-corrected chi connectivity index (χ1v) is 12.9. The van der Waals surface area contributed by atoms with Crippen LogP contribution in [0.2, 0.25) is 5.02 Å². The van der Waals surface area contributed by atoms with Crippen LogP contribution in [0.15, 0.2) is 42.5 Å². The van der Waals surface area contributed by atoms with Crippen LogP contribution in [0.25, 0.3) is 11.1 Å². The molecule has 0 aliphatic rings. The maximum absolute atomic E-state index is 14.3. The number of ether oxygens (including phenoxy) is 2. The molecule has 2 rings (SSSR count). The summed E-state index contributed by atoms with van der Waals surface area (Å²) in [5, 5.41) is 15.5. The van der Waals surface area contributed by atoms with Gasteiger partial charge in [0.2, 0.25) is 0 Å². The maximum atomic E-state index is 14.3. The molecule has 7 nitrogen and oxygen atoms in total. The summed E-state index contributed by atoms with van der Waals surface area (Å²) in [6.07, 6.45) is 0.721. The molecule has 1 amide bonds. The summed E-state index contributed by atoms with van der Waals surface area (Å²) < 4.78 is 25.0. The molecule has 0 spiro atoms. The molecule has 0 saturated heterocycles. The highest BCUT2D eigenvalue weighted by Gasteiger charge is 2.27. The van der Waals surface area contributed by atoms with Crippen molar-refractivity contribution in [1.82, 2.24) is 10.6 Å². The molecular formula is C28H38ClFN2O5. The highest BCUT2D eigenvalue weighted by atomic mass is 35.5. The second-order valence-corrected chi connectivity index (χ2v) is 10.3. The second-order valence-electron chi connectivity index (χ2n) is 9.83. The number of alkyl carbamates (subject to hydrolysis) is 1. The molecule has 204 valence electrons. The Morgan fingerprint density at radius 1 is 1.14 bits per heavy atom. The number of esters is 1. The number of carbonyl (C=O) groups is 2. The first-order valence-electron chi connectivity index (χ1n) is 12.5. The van der Waals surface area contributed by atoms with Gasteiger partial charge in [0.1, 0.15) is 11.4 Å². The Bertz CT molecular complexity index is 1010. The van der Waals surface area contributed by atoms with E-state index in [0.29, 0.717) is 48.5 Å². The summed E-state index contributed by atoms with van der Waals surface area (Å²) in [7, 11) is 0. The van der Waals surface area contributed by atoms with E-state index < -0.39 is 23.7 Å². The average molecular weight is 537 g/mol. The van der Waals surface area contributed by atoms with Gasteiger partial charge < -0.3 is 25.2 Å². The van der Waals surface area contributed by atoms with Gasteiger partial charge in [-0.05, 0) is 82.8 Å². The molecule has 0 fully saturated rings. The van der Waals surface area contributed by atoms with Crippen molar-refractivity contribution in [2.24, 2.45) is 5.92 Å². The van der Waals surface area contributed by atoms with E-state index in [0.717, 1.165) is 5.56 Å². The van der Waals surface area contributed by atoms with Crippen LogP contribution in [-0.4, -0.2) is 55.1 Å². The Balaban J connectivity index is 2.22. The van der Waals surface area contributed by atoms with E-state index in [1.54, 1.807) is 45.9 Å². The summed E-state index contributed by atoms with van der Waals surface area (Å²) in [5.41, 5.74) is 1.30. The quantitative estimate of drug-likeness (QED) is 0.243. The van der Waals surface area contributed by atoms with Crippen molar-refractivity contribution in [1.29, 1.82) is 0 Å². The summed E-state index contributed by atoms with van der Waals surface area (Å²) in [6, 6.07) is 11.3. The molecule has 0 aliphatic heterocycles. The molecule has 0 unspecified atom stereocenters. The summed E-state index contributed by atoms with van der Waals surface area (Å²) >= 11 is 6.04. The number of halogens is 2. The van der Waals surface area contributed by atoms with Crippen LogP contribution in [-0.2, 0) is 20.7 Å². The zero-order valence-corrected chi connectivity index (χ0v) is 22.7. The number of rotatable bonds is 13. The van der Waals surface area contributed by atoms with Gasteiger partial charge in [0.05, 0.1) is 12.5 Å². The Morgan fingerprint density at radius 2 is 1.84 bits per heavy atom. The molecule has 0 aromatic heterocycles. The summed E-state index contributed by atoms with van der Waals surface area (Å²) in [4.78, 5) is 25.3. The molecule has 0 bridgehead atoms. The van der Waals surface area contributed by atoms with Crippen molar-refractivity contribution >= 4 is 23.7 Å². The minimum Gasteiger partial charge on any atom is -0.466 e. The Morgan fingerprint density at radius 3 is 2.46 bits per heavy atom. The lowest BCUT2D eigenvalue weighted by Gasteiger charge is -2.26. The van der Waals surface area contributed by atoms with Gasteiger partial charge >= 0.3 is 12.1 Å². The standard InChI is InChI=1S/C28H38ClFN2O5/c1-5-36-26(34)21(18-31-13-6-14-33)16-23(32-27(35)37-28(2,3)4)15-19-7-9-20(10-8-19)24-17-22(29)11-12-25(24)30/h7-12,17,21,23,31,33H,5-6,13-16,18H2,1-4H3,(H,32,35)/t21-,23+/m0/s1. The van der Waals surface area contributed by atoms with Crippen LogP contribution in [0.4, 0.5) is 9.18 Å². The largest absolute Gasteiger partial charge is 0.466 e. The summed E-state index contributed by atoms with van der Waals surface area (Å²) in [5.74, 6) is -1.24. The van der Waals surface area contributed by atoms with Gasteiger partial charge in [-0.25, -0.2) is 9.18 Å². The Labute approximate surface area is 223 Å². The number of aliphatic hydroxyl groups is 1. The van der Waals surface area contributed by atoms with Gasteiger partial charge in [0, 0.05) is 29.8 Å². The monoisotopic (exact) mass is 536 g/mol. The summed E-state index contributed by atoms with van der Waals surface area (Å²) in [6.45, 7) is 8.28. The smallest absolute Gasteiger partial charge is 0.407 e. The predicted molar refractivity (Wildman–Crippen MR) is 143 cm³/mol. The Kier molecular flexibility index (Phi) is 12.3. The third kappa shape index (κ3) is 11.1. The lowest BCUT2D eigenvalue weighted by atomic mass is 9.93. The van der Waals surface area contributed by atoms with Crippen molar-refractivity contribution in [2.75, 3.05) is 26.3 Å². The van der Waals surface area contributed by atoms with Gasteiger partial charge in [0.25, 0.3) is 0 Å². The predicted octanol–water partition coefficient (Wildman–Crippen LogP) is 5.12. The molecular weight excluding hydrogens is 499 g/mol. The number of hydrogen-bond acceptors (Lipinski definition) is 6. The van der Waals surface area contributed by atoms with Crippen LogP contribution in [0.1, 0.15) is 46.1 Å². The fraction of sp³-hybridized carbons (Fsp3) is 0.500. The van der Waals surface area contributed by atoms with Crippen LogP contribution in [0.3, 0.4) is 0 Å². The molecule has 0 radical (unpaired) electrons. The van der Waals surface area contributed by atoms with Crippen molar-refractivity contribution in [3.63, 3.8) is 0 Å². The van der Waals surface area contributed by atoms with E-state index in [1.165, 1.54) is 12.1 Å². The van der Waals surface area contributed by atoms with E-state index in [-0.39, 0.29) is 25.0 Å². The van der Waals surface area contributed by atoms with Gasteiger partial charge in [-0.15, -0.1) is 0 Å². The number of carbonyl (C=O) groups excluding carboxylic acids is 2. The van der Waals surface area contributed by atoms with E-state index in [1.807, 2.05) is 12.1 Å². The van der Waals surface area contributed by atoms with E-state index >= 15 is 0 Å². The zero-order chi connectivity index (χ0) is 27.4. The minimum absolute atomic E-state index is 0.0506. The molecule has 37 heavy (non-hydrogen) atoms. The van der Waals surface area contributed by atoms with Crippen LogP contribution in [0, 0.1) is 11.7 Å². The number of nitrogens with one attached hydrogen (secondary N) is 2. The average Bonchev–Trinajstić information content (AvgIpc) is 2.82.